The highest BCUT2D eigenvalue weighted by Gasteiger charge is 2.24. The van der Waals surface area contributed by atoms with Crippen molar-refractivity contribution in [1.82, 2.24) is 19.9 Å². The molecule has 0 spiro atoms. The van der Waals surface area contributed by atoms with Gasteiger partial charge < -0.3 is 19.1 Å². The molecule has 1 fully saturated rings. The third kappa shape index (κ3) is 2.78. The van der Waals surface area contributed by atoms with E-state index in [0.29, 0.717) is 6.01 Å². The smallest absolute Gasteiger partial charge is 0.298 e. The number of rotatable bonds is 2. The van der Waals surface area contributed by atoms with Crippen molar-refractivity contribution in [3.05, 3.63) is 41.7 Å². The zero-order valence-corrected chi connectivity index (χ0v) is 14.9. The summed E-state index contributed by atoms with van der Waals surface area (Å²) in [5.41, 5.74) is 4.04. The molecule has 2 aliphatic rings. The lowest BCUT2D eigenvalue weighted by Crippen LogP contribution is -2.45. The van der Waals surface area contributed by atoms with E-state index in [0.717, 1.165) is 74.0 Å². The van der Waals surface area contributed by atoms with Gasteiger partial charge in [-0.15, -0.1) is 0 Å². The van der Waals surface area contributed by atoms with Gasteiger partial charge in [0.1, 0.15) is 5.52 Å². The maximum absolute atomic E-state index is 5.91. The molecule has 1 aromatic carbocycles. The van der Waals surface area contributed by atoms with E-state index in [-0.39, 0.29) is 0 Å². The maximum Gasteiger partial charge on any atom is 0.298 e. The fraction of sp³-hybridized carbons (Fsp3) is 0.421. The summed E-state index contributed by atoms with van der Waals surface area (Å²) in [4.78, 5) is 20.9. The fourth-order valence-corrected chi connectivity index (χ4v) is 3.62. The van der Waals surface area contributed by atoms with Gasteiger partial charge in [-0.05, 0) is 19.2 Å². The first-order chi connectivity index (χ1) is 12.8. The number of nitrogens with zero attached hydrogens (tertiary/aromatic N) is 6. The maximum atomic E-state index is 5.91. The summed E-state index contributed by atoms with van der Waals surface area (Å²) in [6.07, 6.45) is 2.86. The Hall–Kier alpha value is -2.67. The van der Waals surface area contributed by atoms with Crippen molar-refractivity contribution in [2.24, 2.45) is 0 Å². The molecule has 0 unspecified atom stereocenters. The van der Waals surface area contributed by atoms with Crippen LogP contribution in [0.2, 0.25) is 0 Å². The molecule has 0 N–H and O–H groups in total. The van der Waals surface area contributed by atoms with E-state index in [9.17, 15) is 0 Å². The van der Waals surface area contributed by atoms with E-state index in [2.05, 4.69) is 31.7 Å². The summed E-state index contributed by atoms with van der Waals surface area (Å²) in [5, 5.41) is 0. The van der Waals surface area contributed by atoms with E-state index in [4.69, 9.17) is 9.40 Å². The Morgan fingerprint density at radius 3 is 2.65 bits per heavy atom. The van der Waals surface area contributed by atoms with Crippen LogP contribution in [0.3, 0.4) is 0 Å². The first-order valence-corrected chi connectivity index (χ1v) is 9.15. The molecule has 134 valence electrons. The number of oxazole rings is 1. The second kappa shape index (κ2) is 6.25. The van der Waals surface area contributed by atoms with Crippen molar-refractivity contribution < 1.29 is 4.42 Å². The molecule has 0 amide bonds. The standard InChI is InChI=1S/C19H22N6O/c1-23-8-10-24(11-9-23)18-20-12-14-13-25(7-6-15(14)21-18)19-22-16-4-2-3-5-17(16)26-19/h2-5,12H,6-11,13H2,1H3. The number of anilines is 2. The number of likely N-dealkylation sites (N-methyl/N-ethyl adjacent to an activating group) is 1. The lowest BCUT2D eigenvalue weighted by Gasteiger charge is -2.33. The lowest BCUT2D eigenvalue weighted by atomic mass is 10.1. The number of fused-ring (bicyclic) bond motifs is 2. The van der Waals surface area contributed by atoms with E-state index >= 15 is 0 Å². The van der Waals surface area contributed by atoms with Crippen LogP contribution < -0.4 is 9.80 Å². The zero-order valence-electron chi connectivity index (χ0n) is 14.9. The van der Waals surface area contributed by atoms with Crippen molar-refractivity contribution in [1.29, 1.82) is 0 Å². The molecule has 3 aromatic rings. The molecule has 4 heterocycles. The molecule has 1 saturated heterocycles. The third-order valence-electron chi connectivity index (χ3n) is 5.26. The van der Waals surface area contributed by atoms with Gasteiger partial charge >= 0.3 is 0 Å². The van der Waals surface area contributed by atoms with Gasteiger partial charge in [0.15, 0.2) is 5.58 Å². The normalized spacial score (nSPS) is 18.3. The van der Waals surface area contributed by atoms with Crippen molar-refractivity contribution in [2.75, 3.05) is 49.6 Å². The summed E-state index contributed by atoms with van der Waals surface area (Å²) in [5.74, 6) is 0.868. The summed E-state index contributed by atoms with van der Waals surface area (Å²) in [6, 6.07) is 8.56. The Morgan fingerprint density at radius 1 is 0.962 bits per heavy atom. The van der Waals surface area contributed by atoms with Gasteiger partial charge in [0, 0.05) is 50.9 Å². The van der Waals surface area contributed by atoms with Gasteiger partial charge in [0.25, 0.3) is 6.01 Å². The molecule has 2 aromatic heterocycles. The van der Waals surface area contributed by atoms with Crippen LogP contribution >= 0.6 is 0 Å². The molecule has 0 atom stereocenters. The van der Waals surface area contributed by atoms with Crippen molar-refractivity contribution >= 4 is 23.1 Å². The van der Waals surface area contributed by atoms with Crippen LogP contribution in [-0.2, 0) is 13.0 Å². The summed E-state index contributed by atoms with van der Waals surface area (Å²) in [7, 11) is 2.16. The lowest BCUT2D eigenvalue weighted by molar-refractivity contribution is 0.311. The number of aromatic nitrogens is 3. The van der Waals surface area contributed by atoms with E-state index in [1.807, 2.05) is 30.5 Å². The Labute approximate surface area is 152 Å². The molecule has 0 bridgehead atoms. The zero-order chi connectivity index (χ0) is 17.5. The van der Waals surface area contributed by atoms with Crippen molar-refractivity contribution in [3.8, 4) is 0 Å². The first-order valence-electron chi connectivity index (χ1n) is 9.15. The van der Waals surface area contributed by atoms with E-state index in [1.165, 1.54) is 0 Å². The minimum Gasteiger partial charge on any atom is -0.423 e. The molecule has 7 heteroatoms. The minimum atomic E-state index is 0.681. The van der Waals surface area contributed by atoms with Gasteiger partial charge in [0.2, 0.25) is 5.95 Å². The highest BCUT2D eigenvalue weighted by Crippen LogP contribution is 2.27. The molecular weight excluding hydrogens is 328 g/mol. The Kier molecular flexibility index (Phi) is 3.74. The number of hydrogen-bond donors (Lipinski definition) is 0. The van der Waals surface area contributed by atoms with Crippen molar-refractivity contribution in [3.63, 3.8) is 0 Å². The molecule has 7 nitrogen and oxygen atoms in total. The van der Waals surface area contributed by atoms with Gasteiger partial charge in [-0.25, -0.2) is 9.97 Å². The summed E-state index contributed by atoms with van der Waals surface area (Å²) >= 11 is 0. The molecule has 0 aliphatic carbocycles. The predicted molar refractivity (Wildman–Crippen MR) is 101 cm³/mol. The second-order valence-electron chi connectivity index (χ2n) is 7.07. The van der Waals surface area contributed by atoms with Crippen LogP contribution in [-0.4, -0.2) is 59.6 Å². The number of para-hydroxylation sites is 2. The number of benzene rings is 1. The first kappa shape index (κ1) is 15.6. The third-order valence-corrected chi connectivity index (χ3v) is 5.26. The van der Waals surface area contributed by atoms with E-state index in [1.54, 1.807) is 0 Å². The van der Waals surface area contributed by atoms with Gasteiger partial charge in [-0.3, -0.25) is 0 Å². The monoisotopic (exact) mass is 350 g/mol. The number of piperazine rings is 1. The quantitative estimate of drug-likeness (QED) is 0.700. The molecular formula is C19H22N6O. The minimum absolute atomic E-state index is 0.681. The average molecular weight is 350 g/mol. The SMILES string of the molecule is CN1CCN(c2ncc3c(n2)CCN(c2nc4ccccc4o2)C3)CC1. The highest BCUT2D eigenvalue weighted by molar-refractivity contribution is 5.74. The predicted octanol–water partition coefficient (Wildman–Crippen LogP) is 1.93. The van der Waals surface area contributed by atoms with Crippen LogP contribution in [0.5, 0.6) is 0 Å². The topological polar surface area (TPSA) is 61.5 Å². The van der Waals surface area contributed by atoms with E-state index < -0.39 is 0 Å². The van der Waals surface area contributed by atoms with Gasteiger partial charge in [-0.1, -0.05) is 12.1 Å². The largest absolute Gasteiger partial charge is 0.423 e. The average Bonchev–Trinajstić information content (AvgIpc) is 3.12. The second-order valence-corrected chi connectivity index (χ2v) is 7.07. The molecule has 0 radical (unpaired) electrons. The summed E-state index contributed by atoms with van der Waals surface area (Å²) < 4.78 is 5.91. The van der Waals surface area contributed by atoms with Crippen LogP contribution in [0.4, 0.5) is 12.0 Å². The Morgan fingerprint density at radius 2 is 1.81 bits per heavy atom. The molecule has 26 heavy (non-hydrogen) atoms. The fourth-order valence-electron chi connectivity index (χ4n) is 3.62. The van der Waals surface area contributed by atoms with Crippen LogP contribution in [0.25, 0.3) is 11.1 Å². The van der Waals surface area contributed by atoms with Crippen LogP contribution in [0, 0.1) is 0 Å². The Balaban J connectivity index is 1.36. The van der Waals surface area contributed by atoms with Crippen LogP contribution in [0.15, 0.2) is 34.9 Å². The van der Waals surface area contributed by atoms with Crippen LogP contribution in [0.1, 0.15) is 11.3 Å². The van der Waals surface area contributed by atoms with Gasteiger partial charge in [0.05, 0.1) is 12.2 Å². The highest BCUT2D eigenvalue weighted by atomic mass is 16.4. The molecule has 0 saturated carbocycles. The van der Waals surface area contributed by atoms with Crippen molar-refractivity contribution in [2.45, 2.75) is 13.0 Å². The molecule has 2 aliphatic heterocycles. The Bertz CT molecular complexity index is 898. The van der Waals surface area contributed by atoms with Gasteiger partial charge in [-0.2, -0.15) is 4.98 Å². The summed E-state index contributed by atoms with van der Waals surface area (Å²) in [6.45, 7) is 5.71. The molecule has 5 rings (SSSR count). The number of hydrogen-bond acceptors (Lipinski definition) is 7.